The van der Waals surface area contributed by atoms with E-state index in [1.165, 1.54) is 0 Å². The number of hydrogen-bond acceptors (Lipinski definition) is 3. The van der Waals surface area contributed by atoms with Gasteiger partial charge in [-0.3, -0.25) is 4.98 Å². The highest BCUT2D eigenvalue weighted by atomic mass is 35.5. The Morgan fingerprint density at radius 2 is 2.27 bits per heavy atom. The minimum absolute atomic E-state index is 0. The normalized spacial score (nSPS) is 8.91. The monoisotopic (exact) mass is 178 g/mol. The molecule has 0 spiro atoms. The second kappa shape index (κ2) is 4.10. The summed E-state index contributed by atoms with van der Waals surface area (Å²) in [6.07, 6.45) is 1.02. The van der Waals surface area contributed by atoms with Crippen molar-refractivity contribution in [1.29, 1.82) is 0 Å². The van der Waals surface area contributed by atoms with Crippen LogP contribution in [0.5, 0.6) is 5.75 Å². The van der Waals surface area contributed by atoms with E-state index in [1.54, 1.807) is 0 Å². The molecule has 0 bridgehead atoms. The fourth-order valence-electron chi connectivity index (χ4n) is 0.614. The molecule has 3 N–H and O–H groups in total. The quantitative estimate of drug-likeness (QED) is 0.669. The van der Waals surface area contributed by atoms with Crippen molar-refractivity contribution in [2.24, 2.45) is 5.73 Å². The number of nitrogens with zero attached hydrogens (tertiary/aromatic N) is 1. The lowest BCUT2D eigenvalue weighted by Crippen LogP contribution is -1.99. The van der Waals surface area contributed by atoms with Crippen molar-refractivity contribution in [3.05, 3.63) is 23.8 Å². The summed E-state index contributed by atoms with van der Waals surface area (Å²) in [5, 5.41) is 8.91. The molecule has 1 rings (SSSR count). The molecular formula is C6H8ClFN2O. The van der Waals surface area contributed by atoms with Gasteiger partial charge in [-0.25, -0.2) is 4.39 Å². The number of pyridine rings is 1. The molecule has 0 aromatic carbocycles. The summed E-state index contributed by atoms with van der Waals surface area (Å²) in [6.45, 7) is 0.117. The van der Waals surface area contributed by atoms with Crippen LogP contribution in [-0.4, -0.2) is 10.1 Å². The summed E-state index contributed by atoms with van der Waals surface area (Å²) in [4.78, 5) is 3.55. The van der Waals surface area contributed by atoms with Gasteiger partial charge in [0.2, 0.25) is 0 Å². The van der Waals surface area contributed by atoms with Gasteiger partial charge in [0.05, 0.1) is 11.9 Å². The van der Waals surface area contributed by atoms with Crippen LogP contribution in [-0.2, 0) is 6.54 Å². The molecule has 3 nitrogen and oxygen atoms in total. The second-order valence-electron chi connectivity index (χ2n) is 1.82. The minimum atomic E-state index is -0.560. The van der Waals surface area contributed by atoms with Gasteiger partial charge in [0.25, 0.3) is 0 Å². The van der Waals surface area contributed by atoms with Crippen molar-refractivity contribution in [2.75, 3.05) is 0 Å². The molecule has 11 heavy (non-hydrogen) atoms. The van der Waals surface area contributed by atoms with Crippen LogP contribution in [0.2, 0.25) is 0 Å². The van der Waals surface area contributed by atoms with Crippen LogP contribution >= 0.6 is 12.4 Å². The van der Waals surface area contributed by atoms with Crippen LogP contribution in [0.25, 0.3) is 0 Å². The maximum absolute atomic E-state index is 12.2. The van der Waals surface area contributed by atoms with Crippen molar-refractivity contribution in [1.82, 2.24) is 4.98 Å². The van der Waals surface area contributed by atoms with Gasteiger partial charge in [0, 0.05) is 12.6 Å². The smallest absolute Gasteiger partial charge is 0.145 e. The first kappa shape index (κ1) is 10.1. The van der Waals surface area contributed by atoms with E-state index < -0.39 is 5.82 Å². The number of aromatic nitrogens is 1. The van der Waals surface area contributed by atoms with Crippen molar-refractivity contribution in [3.8, 4) is 5.75 Å². The van der Waals surface area contributed by atoms with Gasteiger partial charge in [0.1, 0.15) is 11.6 Å². The van der Waals surface area contributed by atoms with Crippen LogP contribution in [0.3, 0.4) is 0 Å². The summed E-state index contributed by atoms with van der Waals surface area (Å²) >= 11 is 0. The molecule has 5 heteroatoms. The van der Waals surface area contributed by atoms with Gasteiger partial charge in [-0.05, 0) is 0 Å². The molecule has 0 aliphatic carbocycles. The average molecular weight is 179 g/mol. The second-order valence-corrected chi connectivity index (χ2v) is 1.82. The van der Waals surface area contributed by atoms with E-state index >= 15 is 0 Å². The summed E-state index contributed by atoms with van der Waals surface area (Å²) in [7, 11) is 0. The van der Waals surface area contributed by atoms with Crippen LogP contribution < -0.4 is 5.73 Å². The SMILES string of the molecule is Cl.NCc1ncc(F)cc1O. The maximum atomic E-state index is 12.2. The molecule has 1 aromatic rings. The highest BCUT2D eigenvalue weighted by Gasteiger charge is 2.00. The predicted molar refractivity (Wildman–Crippen MR) is 41.0 cm³/mol. The zero-order valence-corrected chi connectivity index (χ0v) is 6.44. The van der Waals surface area contributed by atoms with Crippen LogP contribution in [0, 0.1) is 5.82 Å². The lowest BCUT2D eigenvalue weighted by molar-refractivity contribution is 0.456. The predicted octanol–water partition coefficient (Wildman–Crippen LogP) is 0.807. The fourth-order valence-corrected chi connectivity index (χ4v) is 0.614. The standard InChI is InChI=1S/C6H7FN2O.ClH/c7-4-1-6(10)5(2-8)9-3-4;/h1,3,10H,2,8H2;1H. The van der Waals surface area contributed by atoms with Gasteiger partial charge < -0.3 is 10.8 Å². The molecule has 62 valence electrons. The molecule has 0 fully saturated rings. The summed E-state index contributed by atoms with van der Waals surface area (Å²) in [5.74, 6) is -0.753. The first-order valence-electron chi connectivity index (χ1n) is 2.77. The summed E-state index contributed by atoms with van der Waals surface area (Å²) in [5.41, 5.74) is 5.46. The van der Waals surface area contributed by atoms with Crippen LogP contribution in [0.15, 0.2) is 12.3 Å². The van der Waals surface area contributed by atoms with E-state index in [1.807, 2.05) is 0 Å². The average Bonchev–Trinajstić information content (AvgIpc) is 1.88. The molecule has 0 atom stereocenters. The zero-order valence-electron chi connectivity index (χ0n) is 5.62. The minimum Gasteiger partial charge on any atom is -0.506 e. The fraction of sp³-hybridized carbons (Fsp3) is 0.167. The van der Waals surface area contributed by atoms with E-state index in [4.69, 9.17) is 10.8 Å². The Bertz CT molecular complexity index is 244. The molecule has 0 saturated heterocycles. The third-order valence-electron chi connectivity index (χ3n) is 1.11. The largest absolute Gasteiger partial charge is 0.506 e. The van der Waals surface area contributed by atoms with Crippen LogP contribution in [0.1, 0.15) is 5.69 Å². The summed E-state index contributed by atoms with van der Waals surface area (Å²) in [6, 6.07) is 0.981. The van der Waals surface area contributed by atoms with Crippen molar-refractivity contribution in [3.63, 3.8) is 0 Å². The van der Waals surface area contributed by atoms with Gasteiger partial charge in [0.15, 0.2) is 0 Å². The third-order valence-corrected chi connectivity index (χ3v) is 1.11. The Morgan fingerprint density at radius 1 is 1.64 bits per heavy atom. The lowest BCUT2D eigenvalue weighted by atomic mass is 10.3. The Hall–Kier alpha value is -0.870. The summed E-state index contributed by atoms with van der Waals surface area (Å²) < 4.78 is 12.2. The first-order valence-corrected chi connectivity index (χ1v) is 2.77. The van der Waals surface area contributed by atoms with E-state index in [0.717, 1.165) is 12.3 Å². The third kappa shape index (κ3) is 2.32. The van der Waals surface area contributed by atoms with Gasteiger partial charge >= 0.3 is 0 Å². The molecule has 0 aliphatic rings. The molecule has 1 aromatic heterocycles. The number of rotatable bonds is 1. The Labute approximate surface area is 69.5 Å². The van der Waals surface area contributed by atoms with E-state index in [-0.39, 0.29) is 24.7 Å². The zero-order chi connectivity index (χ0) is 7.56. The van der Waals surface area contributed by atoms with Gasteiger partial charge in [-0.1, -0.05) is 0 Å². The Kier molecular flexibility index (Phi) is 3.78. The van der Waals surface area contributed by atoms with Crippen molar-refractivity contribution < 1.29 is 9.50 Å². The van der Waals surface area contributed by atoms with E-state index in [2.05, 4.69) is 4.98 Å². The Morgan fingerprint density at radius 3 is 2.73 bits per heavy atom. The van der Waals surface area contributed by atoms with E-state index in [0.29, 0.717) is 5.69 Å². The van der Waals surface area contributed by atoms with Crippen molar-refractivity contribution in [2.45, 2.75) is 6.54 Å². The highest BCUT2D eigenvalue weighted by Crippen LogP contribution is 2.13. The Balaban J connectivity index is 0.000001000. The van der Waals surface area contributed by atoms with E-state index in [9.17, 15) is 4.39 Å². The first-order chi connectivity index (χ1) is 4.74. The molecule has 1 heterocycles. The number of aromatic hydroxyl groups is 1. The molecule has 0 aliphatic heterocycles. The number of nitrogens with two attached hydrogens (primary N) is 1. The number of halogens is 2. The topological polar surface area (TPSA) is 59.1 Å². The van der Waals surface area contributed by atoms with Crippen LogP contribution in [0.4, 0.5) is 4.39 Å². The van der Waals surface area contributed by atoms with Gasteiger partial charge in [-0.15, -0.1) is 12.4 Å². The van der Waals surface area contributed by atoms with Gasteiger partial charge in [-0.2, -0.15) is 0 Å². The molecule has 0 saturated carbocycles. The highest BCUT2D eigenvalue weighted by molar-refractivity contribution is 5.85. The molecular weight excluding hydrogens is 171 g/mol. The molecule has 0 unspecified atom stereocenters. The maximum Gasteiger partial charge on any atom is 0.145 e. The molecule has 0 amide bonds. The number of hydrogen-bond donors (Lipinski definition) is 2. The van der Waals surface area contributed by atoms with Crippen molar-refractivity contribution >= 4 is 12.4 Å². The lowest BCUT2D eigenvalue weighted by Gasteiger charge is -1.97. The molecule has 0 radical (unpaired) electrons.